The highest BCUT2D eigenvalue weighted by atomic mass is 16.2. The Labute approximate surface area is 156 Å². The molecule has 0 radical (unpaired) electrons. The normalized spacial score (nSPS) is 11.3. The van der Waals surface area contributed by atoms with Crippen LogP contribution in [0.4, 0.5) is 11.4 Å². The molecule has 0 aromatic heterocycles. The van der Waals surface area contributed by atoms with Crippen molar-refractivity contribution < 1.29 is 9.59 Å². The number of amides is 2. The molecule has 0 atom stereocenters. The van der Waals surface area contributed by atoms with Crippen molar-refractivity contribution in [2.45, 2.75) is 52.4 Å². The molecule has 2 amide bonds. The van der Waals surface area contributed by atoms with Gasteiger partial charge in [-0.15, -0.1) is 0 Å². The molecule has 138 valence electrons. The molecule has 2 rings (SSSR count). The maximum atomic E-state index is 12.2. The van der Waals surface area contributed by atoms with E-state index in [1.807, 2.05) is 48.5 Å². The van der Waals surface area contributed by atoms with Crippen molar-refractivity contribution in [2.24, 2.45) is 0 Å². The molecule has 0 aliphatic heterocycles. The lowest BCUT2D eigenvalue weighted by atomic mass is 9.87. The number of carbonyl (C=O) groups excluding carboxylic acids is 2. The first kappa shape index (κ1) is 19.7. The highest BCUT2D eigenvalue weighted by Gasteiger charge is 2.15. The fraction of sp³-hybridized carbons (Fsp3) is 0.364. The lowest BCUT2D eigenvalue weighted by molar-refractivity contribution is -0.123. The number of benzene rings is 2. The second kappa shape index (κ2) is 8.17. The molecule has 26 heavy (non-hydrogen) atoms. The van der Waals surface area contributed by atoms with Crippen molar-refractivity contribution in [1.29, 1.82) is 0 Å². The van der Waals surface area contributed by atoms with Gasteiger partial charge in [0, 0.05) is 11.4 Å². The number of para-hydroxylation sites is 1. The summed E-state index contributed by atoms with van der Waals surface area (Å²) in [7, 11) is 0. The van der Waals surface area contributed by atoms with E-state index >= 15 is 0 Å². The van der Waals surface area contributed by atoms with Crippen LogP contribution in [0.1, 0.15) is 58.1 Å². The third kappa shape index (κ3) is 5.45. The largest absolute Gasteiger partial charge is 0.326 e. The second-order valence-corrected chi connectivity index (χ2v) is 7.84. The average molecular weight is 352 g/mol. The summed E-state index contributed by atoms with van der Waals surface area (Å²) in [6, 6.07) is 15.4. The minimum absolute atomic E-state index is 0.0617. The third-order valence-corrected chi connectivity index (χ3v) is 4.21. The van der Waals surface area contributed by atoms with Crippen LogP contribution in [0, 0.1) is 0 Å². The Kier molecular flexibility index (Phi) is 6.19. The van der Waals surface area contributed by atoms with Crippen LogP contribution >= 0.6 is 0 Å². The summed E-state index contributed by atoms with van der Waals surface area (Å²) in [6.45, 7) is 10.6. The fourth-order valence-corrected chi connectivity index (χ4v) is 2.71. The highest BCUT2D eigenvalue weighted by Crippen LogP contribution is 2.24. The number of anilines is 2. The molecule has 0 aliphatic rings. The summed E-state index contributed by atoms with van der Waals surface area (Å²) in [6.07, 6.45) is -0.215. The van der Waals surface area contributed by atoms with Gasteiger partial charge in [-0.1, -0.05) is 65.0 Å². The van der Waals surface area contributed by atoms with Gasteiger partial charge in [0.05, 0.1) is 0 Å². The summed E-state index contributed by atoms with van der Waals surface area (Å²) in [5.74, 6) is -0.350. The molecule has 2 aromatic carbocycles. The van der Waals surface area contributed by atoms with E-state index in [0.29, 0.717) is 11.6 Å². The van der Waals surface area contributed by atoms with Gasteiger partial charge in [0.1, 0.15) is 6.42 Å². The average Bonchev–Trinajstić information content (AvgIpc) is 2.54. The summed E-state index contributed by atoms with van der Waals surface area (Å²) in [4.78, 5) is 24.3. The van der Waals surface area contributed by atoms with Crippen molar-refractivity contribution in [3.05, 3.63) is 59.7 Å². The summed E-state index contributed by atoms with van der Waals surface area (Å²) in [5.41, 5.74) is 3.76. The molecule has 0 aliphatic carbocycles. The van der Waals surface area contributed by atoms with Gasteiger partial charge in [-0.2, -0.15) is 0 Å². The first-order valence-corrected chi connectivity index (χ1v) is 8.96. The zero-order valence-corrected chi connectivity index (χ0v) is 16.2. The maximum absolute atomic E-state index is 12.2. The minimum atomic E-state index is -0.326. The monoisotopic (exact) mass is 352 g/mol. The van der Waals surface area contributed by atoms with Crippen LogP contribution in [0.15, 0.2) is 48.5 Å². The van der Waals surface area contributed by atoms with Crippen molar-refractivity contribution in [3.8, 4) is 0 Å². The van der Waals surface area contributed by atoms with Gasteiger partial charge in [0.2, 0.25) is 11.8 Å². The molecule has 2 aromatic rings. The number of hydrogen-bond acceptors (Lipinski definition) is 2. The predicted octanol–water partition coefficient (Wildman–Crippen LogP) is 5.07. The Morgan fingerprint density at radius 2 is 1.46 bits per heavy atom. The van der Waals surface area contributed by atoms with Gasteiger partial charge in [-0.25, -0.2) is 0 Å². The van der Waals surface area contributed by atoms with E-state index in [2.05, 4.69) is 45.3 Å². The van der Waals surface area contributed by atoms with Crippen LogP contribution in [0.3, 0.4) is 0 Å². The van der Waals surface area contributed by atoms with Gasteiger partial charge < -0.3 is 10.6 Å². The Morgan fingerprint density at radius 1 is 0.885 bits per heavy atom. The third-order valence-electron chi connectivity index (χ3n) is 4.21. The molecule has 2 N–H and O–H groups in total. The molecule has 4 nitrogen and oxygen atoms in total. The Morgan fingerprint density at radius 3 is 2.04 bits per heavy atom. The molecule has 0 saturated carbocycles. The topological polar surface area (TPSA) is 58.2 Å². The second-order valence-electron chi connectivity index (χ2n) is 7.84. The summed E-state index contributed by atoms with van der Waals surface area (Å²) >= 11 is 0. The van der Waals surface area contributed by atoms with E-state index in [4.69, 9.17) is 0 Å². The highest BCUT2D eigenvalue weighted by molar-refractivity contribution is 6.08. The zero-order valence-electron chi connectivity index (χ0n) is 16.2. The molecular weight excluding hydrogens is 324 g/mol. The number of rotatable bonds is 5. The molecule has 0 heterocycles. The van der Waals surface area contributed by atoms with Crippen LogP contribution in [0.2, 0.25) is 0 Å². The fourth-order valence-electron chi connectivity index (χ4n) is 2.71. The van der Waals surface area contributed by atoms with Gasteiger partial charge >= 0.3 is 0 Å². The molecule has 0 bridgehead atoms. The Hall–Kier alpha value is -2.62. The predicted molar refractivity (Wildman–Crippen MR) is 108 cm³/mol. The smallest absolute Gasteiger partial charge is 0.233 e. The Bertz CT molecular complexity index is 771. The van der Waals surface area contributed by atoms with Crippen molar-refractivity contribution in [1.82, 2.24) is 0 Å². The van der Waals surface area contributed by atoms with Crippen LogP contribution in [0.5, 0.6) is 0 Å². The lowest BCUT2D eigenvalue weighted by Gasteiger charge is -2.19. The Balaban J connectivity index is 1.95. The maximum Gasteiger partial charge on any atom is 0.233 e. The van der Waals surface area contributed by atoms with Crippen LogP contribution in [-0.2, 0) is 15.0 Å². The van der Waals surface area contributed by atoms with Crippen molar-refractivity contribution >= 4 is 23.2 Å². The quantitative estimate of drug-likeness (QED) is 0.738. The summed E-state index contributed by atoms with van der Waals surface area (Å²) < 4.78 is 0. The molecule has 0 spiro atoms. The minimum Gasteiger partial charge on any atom is -0.326 e. The van der Waals surface area contributed by atoms with Crippen molar-refractivity contribution in [3.63, 3.8) is 0 Å². The van der Waals surface area contributed by atoms with Gasteiger partial charge in [0.25, 0.3) is 0 Å². The number of hydrogen-bond donors (Lipinski definition) is 2. The molecular formula is C22H28N2O2. The first-order valence-electron chi connectivity index (χ1n) is 8.96. The number of carbonyl (C=O) groups is 2. The molecule has 0 fully saturated rings. The van der Waals surface area contributed by atoms with Crippen LogP contribution in [-0.4, -0.2) is 11.8 Å². The zero-order chi connectivity index (χ0) is 19.3. The standard InChI is InChI=1S/C22H28N2O2/c1-15(2)18-8-6-7-9-19(18)24-21(26)14-20(25)23-17-12-10-16(11-13-17)22(3,4)5/h6-13,15H,14H2,1-5H3,(H,23,25)(H,24,26). The first-order chi connectivity index (χ1) is 12.2. The van der Waals surface area contributed by atoms with E-state index in [9.17, 15) is 9.59 Å². The van der Waals surface area contributed by atoms with E-state index in [1.165, 1.54) is 5.56 Å². The molecule has 4 heteroatoms. The van der Waals surface area contributed by atoms with E-state index < -0.39 is 0 Å². The van der Waals surface area contributed by atoms with E-state index in [1.54, 1.807) is 0 Å². The van der Waals surface area contributed by atoms with Gasteiger partial charge in [-0.3, -0.25) is 9.59 Å². The van der Waals surface area contributed by atoms with Crippen LogP contribution < -0.4 is 10.6 Å². The van der Waals surface area contributed by atoms with Gasteiger partial charge in [-0.05, 0) is 40.7 Å². The number of nitrogens with one attached hydrogen (secondary N) is 2. The molecule has 0 unspecified atom stereocenters. The summed E-state index contributed by atoms with van der Waals surface area (Å²) in [5, 5.41) is 5.61. The van der Waals surface area contributed by atoms with E-state index in [0.717, 1.165) is 11.3 Å². The van der Waals surface area contributed by atoms with Gasteiger partial charge in [0.15, 0.2) is 0 Å². The SMILES string of the molecule is CC(C)c1ccccc1NC(=O)CC(=O)Nc1ccc(C(C)(C)C)cc1. The molecule has 0 saturated heterocycles. The lowest BCUT2D eigenvalue weighted by Crippen LogP contribution is -2.22. The van der Waals surface area contributed by atoms with Crippen LogP contribution in [0.25, 0.3) is 0 Å². The van der Waals surface area contributed by atoms with Crippen molar-refractivity contribution in [2.75, 3.05) is 10.6 Å². The van der Waals surface area contributed by atoms with E-state index in [-0.39, 0.29) is 23.7 Å².